The van der Waals surface area contributed by atoms with Crippen molar-refractivity contribution in [1.29, 1.82) is 0 Å². The molecular formula is C14H15NS2. The molecule has 3 rings (SSSR count). The van der Waals surface area contributed by atoms with E-state index in [0.717, 1.165) is 13.1 Å². The van der Waals surface area contributed by atoms with E-state index in [1.54, 1.807) is 0 Å². The highest BCUT2D eigenvalue weighted by molar-refractivity contribution is 8.00. The third-order valence-electron chi connectivity index (χ3n) is 2.97. The second-order valence-corrected chi connectivity index (χ2v) is 6.64. The van der Waals surface area contributed by atoms with E-state index in [0.29, 0.717) is 5.25 Å². The van der Waals surface area contributed by atoms with Crippen molar-refractivity contribution in [1.82, 2.24) is 5.32 Å². The van der Waals surface area contributed by atoms with Gasteiger partial charge >= 0.3 is 0 Å². The second-order valence-electron chi connectivity index (χ2n) is 4.26. The van der Waals surface area contributed by atoms with Gasteiger partial charge in [0, 0.05) is 28.1 Å². The summed E-state index contributed by atoms with van der Waals surface area (Å²) in [6.07, 6.45) is 1.21. The fraction of sp³-hybridized carbons (Fsp3) is 0.286. The minimum Gasteiger partial charge on any atom is -0.311 e. The van der Waals surface area contributed by atoms with Crippen LogP contribution in [0.25, 0.3) is 0 Å². The molecule has 0 spiro atoms. The maximum Gasteiger partial charge on any atom is 0.0300 e. The van der Waals surface area contributed by atoms with Gasteiger partial charge in [-0.05, 0) is 29.5 Å². The van der Waals surface area contributed by atoms with Crippen LogP contribution in [-0.2, 0) is 13.0 Å². The standard InChI is InChI=1S/C14H15NS2/c1-2-6-14-11(4-1)8-13(17-14)10-15-9-12-5-3-7-16-12/h1-7,13,15H,8-10H2. The van der Waals surface area contributed by atoms with Crippen LogP contribution >= 0.6 is 23.1 Å². The summed E-state index contributed by atoms with van der Waals surface area (Å²) in [7, 11) is 0. The molecule has 0 radical (unpaired) electrons. The van der Waals surface area contributed by atoms with E-state index in [4.69, 9.17) is 0 Å². The normalized spacial score (nSPS) is 18.2. The first-order chi connectivity index (χ1) is 8.42. The Labute approximate surface area is 110 Å². The van der Waals surface area contributed by atoms with Crippen molar-refractivity contribution < 1.29 is 0 Å². The SMILES string of the molecule is c1csc(CNCC2Cc3ccccc3S2)c1. The number of benzene rings is 1. The van der Waals surface area contributed by atoms with E-state index in [9.17, 15) is 0 Å². The van der Waals surface area contributed by atoms with Crippen molar-refractivity contribution >= 4 is 23.1 Å². The lowest BCUT2D eigenvalue weighted by Crippen LogP contribution is -2.23. The van der Waals surface area contributed by atoms with Crippen LogP contribution in [0, 0.1) is 0 Å². The summed E-state index contributed by atoms with van der Waals surface area (Å²) >= 11 is 3.84. The van der Waals surface area contributed by atoms with Crippen molar-refractivity contribution in [2.24, 2.45) is 0 Å². The van der Waals surface area contributed by atoms with Gasteiger partial charge in [-0.3, -0.25) is 0 Å². The Morgan fingerprint density at radius 2 is 2.12 bits per heavy atom. The fourth-order valence-electron chi connectivity index (χ4n) is 2.14. The molecule has 3 heteroatoms. The van der Waals surface area contributed by atoms with Crippen molar-refractivity contribution in [3.05, 3.63) is 52.2 Å². The summed E-state index contributed by atoms with van der Waals surface area (Å²) in [4.78, 5) is 2.89. The van der Waals surface area contributed by atoms with Crippen LogP contribution in [0.1, 0.15) is 10.4 Å². The van der Waals surface area contributed by atoms with Gasteiger partial charge in [-0.25, -0.2) is 0 Å². The molecular weight excluding hydrogens is 246 g/mol. The van der Waals surface area contributed by atoms with Gasteiger partial charge in [0.05, 0.1) is 0 Å². The summed E-state index contributed by atoms with van der Waals surface area (Å²) in [6, 6.07) is 13.1. The third kappa shape index (κ3) is 2.73. The van der Waals surface area contributed by atoms with Gasteiger partial charge < -0.3 is 5.32 Å². The van der Waals surface area contributed by atoms with Crippen molar-refractivity contribution in [2.75, 3.05) is 6.54 Å². The topological polar surface area (TPSA) is 12.0 Å². The van der Waals surface area contributed by atoms with E-state index in [1.807, 2.05) is 23.1 Å². The zero-order chi connectivity index (χ0) is 11.5. The van der Waals surface area contributed by atoms with Crippen molar-refractivity contribution in [2.45, 2.75) is 23.1 Å². The minimum atomic E-state index is 0.701. The van der Waals surface area contributed by atoms with Crippen LogP contribution in [-0.4, -0.2) is 11.8 Å². The molecule has 1 nitrogen and oxygen atoms in total. The zero-order valence-corrected chi connectivity index (χ0v) is 11.2. The van der Waals surface area contributed by atoms with Gasteiger partial charge in [0.2, 0.25) is 0 Å². The molecule has 1 N–H and O–H groups in total. The molecule has 2 heterocycles. The van der Waals surface area contributed by atoms with Gasteiger partial charge in [-0.2, -0.15) is 0 Å². The Balaban J connectivity index is 1.49. The van der Waals surface area contributed by atoms with Crippen molar-refractivity contribution in [3.63, 3.8) is 0 Å². The Hall–Kier alpha value is -0.770. The molecule has 1 aliphatic rings. The van der Waals surface area contributed by atoms with Gasteiger partial charge in [0.15, 0.2) is 0 Å². The Morgan fingerprint density at radius 3 is 2.94 bits per heavy atom. The molecule has 1 aromatic heterocycles. The molecule has 2 aromatic rings. The van der Waals surface area contributed by atoms with E-state index < -0.39 is 0 Å². The van der Waals surface area contributed by atoms with Crippen LogP contribution in [0.2, 0.25) is 0 Å². The first kappa shape index (κ1) is 11.3. The van der Waals surface area contributed by atoms with E-state index in [-0.39, 0.29) is 0 Å². The largest absolute Gasteiger partial charge is 0.311 e. The molecule has 1 unspecified atom stereocenters. The summed E-state index contributed by atoms with van der Waals surface area (Å²) < 4.78 is 0. The zero-order valence-electron chi connectivity index (χ0n) is 9.56. The number of hydrogen-bond acceptors (Lipinski definition) is 3. The number of thioether (sulfide) groups is 1. The summed E-state index contributed by atoms with van der Waals surface area (Å²) in [5.41, 5.74) is 1.51. The molecule has 0 aliphatic carbocycles. The Kier molecular flexibility index (Phi) is 3.50. The summed E-state index contributed by atoms with van der Waals surface area (Å²) in [5.74, 6) is 0. The lowest BCUT2D eigenvalue weighted by atomic mass is 10.1. The monoisotopic (exact) mass is 261 g/mol. The van der Waals surface area contributed by atoms with Gasteiger partial charge in [-0.1, -0.05) is 24.3 Å². The third-order valence-corrected chi connectivity index (χ3v) is 5.16. The fourth-order valence-corrected chi connectivity index (χ4v) is 4.09. The molecule has 88 valence electrons. The Morgan fingerprint density at radius 1 is 1.18 bits per heavy atom. The van der Waals surface area contributed by atoms with Crippen LogP contribution < -0.4 is 5.32 Å². The predicted molar refractivity (Wildman–Crippen MR) is 75.8 cm³/mol. The van der Waals surface area contributed by atoms with Crippen molar-refractivity contribution in [3.8, 4) is 0 Å². The molecule has 0 saturated carbocycles. The van der Waals surface area contributed by atoms with Crippen LogP contribution in [0.5, 0.6) is 0 Å². The van der Waals surface area contributed by atoms with Gasteiger partial charge in [0.25, 0.3) is 0 Å². The van der Waals surface area contributed by atoms with E-state index in [2.05, 4.69) is 47.1 Å². The highest BCUT2D eigenvalue weighted by Gasteiger charge is 2.20. The lowest BCUT2D eigenvalue weighted by molar-refractivity contribution is 0.670. The highest BCUT2D eigenvalue weighted by Crippen LogP contribution is 2.36. The molecule has 17 heavy (non-hydrogen) atoms. The maximum atomic E-state index is 3.55. The van der Waals surface area contributed by atoms with Crippen LogP contribution in [0.4, 0.5) is 0 Å². The van der Waals surface area contributed by atoms with E-state index in [1.165, 1.54) is 21.8 Å². The second kappa shape index (κ2) is 5.25. The number of rotatable bonds is 4. The lowest BCUT2D eigenvalue weighted by Gasteiger charge is -2.09. The molecule has 1 aromatic carbocycles. The summed E-state index contributed by atoms with van der Waals surface area (Å²) in [6.45, 7) is 2.10. The predicted octanol–water partition coefficient (Wildman–Crippen LogP) is 3.55. The maximum absolute atomic E-state index is 3.55. The number of hydrogen-bond donors (Lipinski definition) is 1. The summed E-state index contributed by atoms with van der Waals surface area (Å²) in [5, 5.41) is 6.39. The quantitative estimate of drug-likeness (QED) is 0.903. The molecule has 0 amide bonds. The molecule has 0 saturated heterocycles. The average molecular weight is 261 g/mol. The van der Waals surface area contributed by atoms with Gasteiger partial charge in [-0.15, -0.1) is 23.1 Å². The molecule has 0 fully saturated rings. The number of thiophene rings is 1. The first-order valence-electron chi connectivity index (χ1n) is 5.89. The van der Waals surface area contributed by atoms with E-state index >= 15 is 0 Å². The molecule has 0 bridgehead atoms. The molecule has 1 atom stereocenters. The minimum absolute atomic E-state index is 0.701. The number of nitrogens with one attached hydrogen (secondary N) is 1. The number of fused-ring (bicyclic) bond motifs is 1. The Bertz CT molecular complexity index is 454. The first-order valence-corrected chi connectivity index (χ1v) is 7.65. The average Bonchev–Trinajstić information content (AvgIpc) is 2.96. The smallest absolute Gasteiger partial charge is 0.0300 e. The van der Waals surface area contributed by atoms with Gasteiger partial charge in [0.1, 0.15) is 0 Å². The van der Waals surface area contributed by atoms with Crippen LogP contribution in [0.3, 0.4) is 0 Å². The van der Waals surface area contributed by atoms with Crippen LogP contribution in [0.15, 0.2) is 46.7 Å². The highest BCUT2D eigenvalue weighted by atomic mass is 32.2. The molecule has 1 aliphatic heterocycles.